The van der Waals surface area contributed by atoms with E-state index in [1.807, 2.05) is 36.4 Å². The van der Waals surface area contributed by atoms with Crippen LogP contribution in [0.25, 0.3) is 11.1 Å². The summed E-state index contributed by atoms with van der Waals surface area (Å²) < 4.78 is 10.3. The van der Waals surface area contributed by atoms with Gasteiger partial charge in [-0.15, -0.1) is 10.2 Å². The van der Waals surface area contributed by atoms with Crippen LogP contribution in [0.3, 0.4) is 0 Å². The second kappa shape index (κ2) is 7.44. The highest BCUT2D eigenvalue weighted by Crippen LogP contribution is 2.42. The zero-order valence-corrected chi connectivity index (χ0v) is 13.5. The Morgan fingerprint density at radius 3 is 2.32 bits per heavy atom. The van der Waals surface area contributed by atoms with Crippen molar-refractivity contribution in [2.75, 3.05) is 6.61 Å². The van der Waals surface area contributed by atoms with Gasteiger partial charge in [0.05, 0.1) is 17.9 Å². The van der Waals surface area contributed by atoms with Crippen molar-refractivity contribution in [1.29, 1.82) is 0 Å². The van der Waals surface area contributed by atoms with Gasteiger partial charge < -0.3 is 14.3 Å². The van der Waals surface area contributed by atoms with Crippen molar-refractivity contribution in [2.24, 2.45) is 10.2 Å². The van der Waals surface area contributed by atoms with E-state index in [0.717, 1.165) is 0 Å². The van der Waals surface area contributed by atoms with Crippen molar-refractivity contribution >= 4 is 17.5 Å². The minimum absolute atomic E-state index is 0.0376. The van der Waals surface area contributed by atoms with Crippen LogP contribution in [-0.2, 0) is 4.74 Å². The lowest BCUT2D eigenvalue weighted by atomic mass is 10.0. The average Bonchev–Trinajstić information content (AvgIpc) is 2.98. The molecule has 0 atom stereocenters. The standard InChI is InChI=1S/C19H16N2O4/c1-2-24-18(22)16-15(13-9-5-3-6-10-13)17(25-19(16)23)21-20-14-11-7-4-8-12-14/h3-12,23H,2H2,1H3. The summed E-state index contributed by atoms with van der Waals surface area (Å²) in [5.41, 5.74) is 1.57. The van der Waals surface area contributed by atoms with E-state index < -0.39 is 11.9 Å². The monoisotopic (exact) mass is 336 g/mol. The Morgan fingerprint density at radius 1 is 1.04 bits per heavy atom. The first-order valence-corrected chi connectivity index (χ1v) is 7.75. The zero-order valence-electron chi connectivity index (χ0n) is 13.5. The van der Waals surface area contributed by atoms with Crippen molar-refractivity contribution in [1.82, 2.24) is 0 Å². The molecule has 1 heterocycles. The van der Waals surface area contributed by atoms with Crippen molar-refractivity contribution in [3.63, 3.8) is 0 Å². The van der Waals surface area contributed by atoms with Crippen LogP contribution in [0.1, 0.15) is 17.3 Å². The maximum absolute atomic E-state index is 12.2. The normalized spacial score (nSPS) is 10.9. The van der Waals surface area contributed by atoms with E-state index in [9.17, 15) is 9.90 Å². The third-order valence-electron chi connectivity index (χ3n) is 3.43. The van der Waals surface area contributed by atoms with Gasteiger partial charge in [-0.05, 0) is 24.6 Å². The van der Waals surface area contributed by atoms with Crippen molar-refractivity contribution in [3.8, 4) is 17.1 Å². The van der Waals surface area contributed by atoms with Crippen molar-refractivity contribution < 1.29 is 19.1 Å². The molecule has 3 aromatic rings. The highest BCUT2D eigenvalue weighted by molar-refractivity contribution is 6.02. The number of carbonyl (C=O) groups excluding carboxylic acids is 1. The molecule has 1 aromatic heterocycles. The zero-order chi connectivity index (χ0) is 17.6. The summed E-state index contributed by atoms with van der Waals surface area (Å²) in [6, 6.07) is 18.1. The summed E-state index contributed by atoms with van der Waals surface area (Å²) in [5.74, 6) is -1.18. The van der Waals surface area contributed by atoms with E-state index in [1.54, 1.807) is 31.2 Å². The van der Waals surface area contributed by atoms with Gasteiger partial charge in [0.2, 0.25) is 0 Å². The molecule has 1 N–H and O–H groups in total. The number of aromatic hydroxyl groups is 1. The molecule has 25 heavy (non-hydrogen) atoms. The molecular weight excluding hydrogens is 320 g/mol. The second-order valence-corrected chi connectivity index (χ2v) is 5.08. The maximum atomic E-state index is 12.2. The highest BCUT2D eigenvalue weighted by atomic mass is 16.5. The fourth-order valence-corrected chi connectivity index (χ4v) is 2.34. The van der Waals surface area contributed by atoms with E-state index in [2.05, 4.69) is 10.2 Å². The molecular formula is C19H16N2O4. The Hall–Kier alpha value is -3.41. The van der Waals surface area contributed by atoms with E-state index in [0.29, 0.717) is 16.8 Å². The minimum Gasteiger partial charge on any atom is -0.480 e. The molecule has 2 aromatic carbocycles. The molecule has 0 aliphatic heterocycles. The van der Waals surface area contributed by atoms with Gasteiger partial charge in [0.15, 0.2) is 5.56 Å². The largest absolute Gasteiger partial charge is 0.480 e. The Labute approximate surface area is 144 Å². The molecule has 126 valence electrons. The van der Waals surface area contributed by atoms with Crippen molar-refractivity contribution in [3.05, 3.63) is 66.2 Å². The Kier molecular flexibility index (Phi) is 4.89. The van der Waals surface area contributed by atoms with Gasteiger partial charge in [0.1, 0.15) is 0 Å². The van der Waals surface area contributed by atoms with Crippen LogP contribution in [-0.4, -0.2) is 17.7 Å². The second-order valence-electron chi connectivity index (χ2n) is 5.08. The van der Waals surface area contributed by atoms with Crippen LogP contribution >= 0.6 is 0 Å². The predicted molar refractivity (Wildman–Crippen MR) is 92.4 cm³/mol. The minimum atomic E-state index is -0.677. The van der Waals surface area contributed by atoms with Crippen LogP contribution in [0.4, 0.5) is 11.6 Å². The SMILES string of the molecule is CCOC(=O)c1c(O)oc(N=Nc2ccccc2)c1-c1ccccc1. The molecule has 0 amide bonds. The lowest BCUT2D eigenvalue weighted by Crippen LogP contribution is -2.05. The summed E-state index contributed by atoms with van der Waals surface area (Å²) in [7, 11) is 0. The molecule has 0 aliphatic carbocycles. The molecule has 0 unspecified atom stereocenters. The number of furan rings is 1. The van der Waals surface area contributed by atoms with Gasteiger partial charge in [-0.3, -0.25) is 0 Å². The van der Waals surface area contributed by atoms with Crippen LogP contribution in [0.15, 0.2) is 75.3 Å². The van der Waals surface area contributed by atoms with Crippen molar-refractivity contribution in [2.45, 2.75) is 6.92 Å². The molecule has 0 aliphatic rings. The Balaban J connectivity index is 2.10. The summed E-state index contributed by atoms with van der Waals surface area (Å²) in [5, 5.41) is 18.3. The summed E-state index contributed by atoms with van der Waals surface area (Å²) in [6.07, 6.45) is 0. The van der Waals surface area contributed by atoms with Gasteiger partial charge in [-0.1, -0.05) is 48.5 Å². The number of nitrogens with zero attached hydrogens (tertiary/aromatic N) is 2. The number of benzene rings is 2. The van der Waals surface area contributed by atoms with Crippen LogP contribution in [0, 0.1) is 0 Å². The molecule has 0 saturated heterocycles. The number of hydrogen-bond donors (Lipinski definition) is 1. The van der Waals surface area contributed by atoms with Gasteiger partial charge in [-0.25, -0.2) is 4.79 Å². The van der Waals surface area contributed by atoms with Crippen LogP contribution < -0.4 is 0 Å². The smallest absolute Gasteiger partial charge is 0.346 e. The molecule has 6 nitrogen and oxygen atoms in total. The maximum Gasteiger partial charge on any atom is 0.346 e. The number of hydrogen-bond acceptors (Lipinski definition) is 6. The first-order valence-electron chi connectivity index (χ1n) is 7.75. The number of azo groups is 1. The summed E-state index contributed by atoms with van der Waals surface area (Å²) in [4.78, 5) is 12.2. The molecule has 6 heteroatoms. The van der Waals surface area contributed by atoms with Gasteiger partial charge >= 0.3 is 5.97 Å². The lowest BCUT2D eigenvalue weighted by Gasteiger charge is -2.03. The first-order chi connectivity index (χ1) is 12.2. The fraction of sp³-hybridized carbons (Fsp3) is 0.105. The third kappa shape index (κ3) is 3.58. The van der Waals surface area contributed by atoms with E-state index in [-0.39, 0.29) is 18.1 Å². The molecule has 0 fully saturated rings. The van der Waals surface area contributed by atoms with E-state index >= 15 is 0 Å². The number of rotatable bonds is 5. The van der Waals surface area contributed by atoms with Crippen LogP contribution in [0.5, 0.6) is 5.95 Å². The summed E-state index contributed by atoms with van der Waals surface area (Å²) in [6.45, 7) is 1.87. The van der Waals surface area contributed by atoms with Gasteiger partial charge in [0.25, 0.3) is 11.8 Å². The average molecular weight is 336 g/mol. The number of ether oxygens (including phenoxy) is 1. The fourth-order valence-electron chi connectivity index (χ4n) is 2.34. The topological polar surface area (TPSA) is 84.4 Å². The molecule has 0 radical (unpaired) electrons. The Bertz CT molecular complexity index is 887. The molecule has 0 bridgehead atoms. The lowest BCUT2D eigenvalue weighted by molar-refractivity contribution is 0.0521. The van der Waals surface area contributed by atoms with Gasteiger partial charge in [-0.2, -0.15) is 0 Å². The van der Waals surface area contributed by atoms with E-state index in [4.69, 9.17) is 9.15 Å². The quantitative estimate of drug-likeness (QED) is 0.510. The summed E-state index contributed by atoms with van der Waals surface area (Å²) >= 11 is 0. The number of esters is 1. The highest BCUT2D eigenvalue weighted by Gasteiger charge is 2.28. The number of carbonyl (C=O) groups is 1. The predicted octanol–water partition coefficient (Wildman–Crippen LogP) is 5.24. The first kappa shape index (κ1) is 16.4. The molecule has 3 rings (SSSR count). The van der Waals surface area contributed by atoms with E-state index in [1.165, 1.54) is 0 Å². The molecule has 0 saturated carbocycles. The molecule has 0 spiro atoms. The third-order valence-corrected chi connectivity index (χ3v) is 3.43. The Morgan fingerprint density at radius 2 is 1.68 bits per heavy atom. The van der Waals surface area contributed by atoms with Gasteiger partial charge in [0, 0.05) is 0 Å². The van der Waals surface area contributed by atoms with Crippen LogP contribution in [0.2, 0.25) is 0 Å².